The van der Waals surface area contributed by atoms with E-state index in [0.29, 0.717) is 11.5 Å². The average molecular weight is 407 g/mol. The Bertz CT molecular complexity index is 1060. The van der Waals surface area contributed by atoms with Crippen molar-refractivity contribution in [2.24, 2.45) is 5.92 Å². The minimum atomic E-state index is -0.856. The molecule has 1 saturated heterocycles. The van der Waals surface area contributed by atoms with E-state index in [-0.39, 0.29) is 6.04 Å². The maximum Gasteiger partial charge on any atom is 0.336 e. The predicted molar refractivity (Wildman–Crippen MR) is 119 cm³/mol. The highest BCUT2D eigenvalue weighted by molar-refractivity contribution is 5.90. The van der Waals surface area contributed by atoms with Gasteiger partial charge in [-0.2, -0.15) is 0 Å². The summed E-state index contributed by atoms with van der Waals surface area (Å²) in [7, 11) is 1.72. The Labute approximate surface area is 177 Å². The Hall–Kier alpha value is -2.79. The highest BCUT2D eigenvalue weighted by Crippen LogP contribution is 2.40. The number of H-pyrrole nitrogens is 1. The molecule has 4 rings (SSSR count). The molecule has 2 aromatic carbocycles. The second-order valence-corrected chi connectivity index (χ2v) is 8.32. The van der Waals surface area contributed by atoms with E-state index in [4.69, 9.17) is 4.74 Å². The van der Waals surface area contributed by atoms with Gasteiger partial charge in [-0.3, -0.25) is 4.90 Å². The Morgan fingerprint density at radius 2 is 2.10 bits per heavy atom. The number of aromatic amines is 1. The third-order valence-corrected chi connectivity index (χ3v) is 6.64. The lowest BCUT2D eigenvalue weighted by Crippen LogP contribution is -2.37. The van der Waals surface area contributed by atoms with E-state index in [9.17, 15) is 9.90 Å². The van der Waals surface area contributed by atoms with Gasteiger partial charge in [0.1, 0.15) is 5.75 Å². The molecule has 1 aliphatic rings. The van der Waals surface area contributed by atoms with E-state index < -0.39 is 5.97 Å². The van der Waals surface area contributed by atoms with Crippen molar-refractivity contribution in [3.63, 3.8) is 0 Å². The molecule has 1 fully saturated rings. The summed E-state index contributed by atoms with van der Waals surface area (Å²) in [5, 5.41) is 11.0. The zero-order valence-electron chi connectivity index (χ0n) is 17.9. The normalized spacial score (nSPS) is 19.8. The van der Waals surface area contributed by atoms with Crippen molar-refractivity contribution >= 4 is 16.9 Å². The van der Waals surface area contributed by atoms with Crippen LogP contribution in [0.15, 0.2) is 42.6 Å². The fourth-order valence-corrected chi connectivity index (χ4v) is 4.94. The first kappa shape index (κ1) is 20.5. The first-order chi connectivity index (χ1) is 14.5. The van der Waals surface area contributed by atoms with Crippen molar-refractivity contribution in [1.82, 2.24) is 9.88 Å². The Morgan fingerprint density at radius 3 is 2.83 bits per heavy atom. The van der Waals surface area contributed by atoms with Gasteiger partial charge in [-0.05, 0) is 61.6 Å². The number of hydrogen-bond donors (Lipinski definition) is 2. The third-order valence-electron chi connectivity index (χ3n) is 6.64. The number of fused-ring (bicyclic) bond motifs is 1. The number of nitrogens with zero attached hydrogens (tertiary/aromatic N) is 1. The summed E-state index contributed by atoms with van der Waals surface area (Å²) in [4.78, 5) is 17.7. The van der Waals surface area contributed by atoms with E-state index in [1.54, 1.807) is 13.2 Å². The summed E-state index contributed by atoms with van der Waals surface area (Å²) in [5.74, 6) is 0.646. The van der Waals surface area contributed by atoms with Crippen molar-refractivity contribution in [3.05, 3.63) is 64.8 Å². The van der Waals surface area contributed by atoms with Crippen molar-refractivity contribution in [3.8, 4) is 5.75 Å². The van der Waals surface area contributed by atoms with Crippen molar-refractivity contribution in [2.45, 2.75) is 45.7 Å². The fraction of sp³-hybridized carbons (Fsp3) is 0.400. The standard InChI is InChI=1S/C25H30N2O3/c1-4-17-10-12-27(22(14-17)18-7-5-6-8-20(18)25(28)29)15-21-19-9-11-26-24(19)16(2)13-23(21)30-3/h5-9,11,13,17,22,26H,4,10,12,14-15H2,1-3H3,(H,28,29). The lowest BCUT2D eigenvalue weighted by molar-refractivity contribution is 0.0681. The molecule has 0 aliphatic carbocycles. The summed E-state index contributed by atoms with van der Waals surface area (Å²) in [6, 6.07) is 11.7. The van der Waals surface area contributed by atoms with Gasteiger partial charge in [-0.15, -0.1) is 0 Å². The molecule has 30 heavy (non-hydrogen) atoms. The van der Waals surface area contributed by atoms with E-state index in [1.165, 1.54) is 5.39 Å². The molecule has 1 aromatic heterocycles. The van der Waals surface area contributed by atoms with Gasteiger partial charge in [0.2, 0.25) is 0 Å². The van der Waals surface area contributed by atoms with Crippen LogP contribution in [-0.4, -0.2) is 34.6 Å². The van der Waals surface area contributed by atoms with Crippen LogP contribution < -0.4 is 4.74 Å². The molecule has 5 heteroatoms. The van der Waals surface area contributed by atoms with Crippen LogP contribution in [-0.2, 0) is 6.54 Å². The number of ether oxygens (including phenoxy) is 1. The molecule has 3 aromatic rings. The summed E-state index contributed by atoms with van der Waals surface area (Å²) >= 11 is 0. The summed E-state index contributed by atoms with van der Waals surface area (Å²) < 4.78 is 5.76. The number of nitrogens with one attached hydrogen (secondary N) is 1. The molecule has 2 atom stereocenters. The number of methoxy groups -OCH3 is 1. The minimum Gasteiger partial charge on any atom is -0.496 e. The number of hydrogen-bond acceptors (Lipinski definition) is 3. The maximum atomic E-state index is 11.9. The molecule has 5 nitrogen and oxygen atoms in total. The first-order valence-electron chi connectivity index (χ1n) is 10.7. The molecule has 0 saturated carbocycles. The quantitative estimate of drug-likeness (QED) is 0.563. The van der Waals surface area contributed by atoms with Crippen molar-refractivity contribution in [1.29, 1.82) is 0 Å². The summed E-state index contributed by atoms with van der Waals surface area (Å²) in [6.45, 7) is 5.99. The number of piperidine rings is 1. The number of aromatic nitrogens is 1. The highest BCUT2D eigenvalue weighted by atomic mass is 16.5. The molecular formula is C25H30N2O3. The summed E-state index contributed by atoms with van der Waals surface area (Å²) in [6.07, 6.45) is 5.20. The topological polar surface area (TPSA) is 65.6 Å². The Kier molecular flexibility index (Phi) is 5.82. The van der Waals surface area contributed by atoms with Crippen molar-refractivity contribution in [2.75, 3.05) is 13.7 Å². The minimum absolute atomic E-state index is 0.0796. The number of carboxylic acids is 1. The largest absolute Gasteiger partial charge is 0.496 e. The van der Waals surface area contributed by atoms with Gasteiger partial charge in [0, 0.05) is 35.2 Å². The first-order valence-corrected chi connectivity index (χ1v) is 10.7. The van der Waals surface area contributed by atoms with Gasteiger partial charge in [0.25, 0.3) is 0 Å². The number of rotatable bonds is 6. The molecule has 0 amide bonds. The summed E-state index contributed by atoms with van der Waals surface area (Å²) in [5.41, 5.74) is 4.78. The van der Waals surface area contributed by atoms with E-state index in [1.807, 2.05) is 24.4 Å². The Balaban J connectivity index is 1.76. The fourth-order valence-electron chi connectivity index (χ4n) is 4.94. The van der Waals surface area contributed by atoms with Crippen LogP contribution in [0.2, 0.25) is 0 Å². The SMILES string of the molecule is CCC1CCN(Cc2c(OC)cc(C)c3[nH]ccc23)C(c2ccccc2C(=O)O)C1. The molecule has 0 spiro atoms. The number of carboxylic acid groups (broad SMARTS) is 1. The predicted octanol–water partition coefficient (Wildman–Crippen LogP) is 5.55. The number of likely N-dealkylation sites (tertiary alicyclic amines) is 1. The second-order valence-electron chi connectivity index (χ2n) is 8.32. The maximum absolute atomic E-state index is 11.9. The van der Waals surface area contributed by atoms with Crippen LogP contribution in [0.3, 0.4) is 0 Å². The smallest absolute Gasteiger partial charge is 0.336 e. The molecular weight excluding hydrogens is 376 g/mol. The molecule has 158 valence electrons. The van der Waals surface area contributed by atoms with Crippen LogP contribution >= 0.6 is 0 Å². The number of aryl methyl sites for hydroxylation is 1. The van der Waals surface area contributed by atoms with Gasteiger partial charge in [-0.25, -0.2) is 4.79 Å². The molecule has 2 N–H and O–H groups in total. The molecule has 0 radical (unpaired) electrons. The van der Waals surface area contributed by atoms with E-state index in [2.05, 4.69) is 35.9 Å². The van der Waals surface area contributed by atoms with Crippen LogP contribution in [0.25, 0.3) is 10.9 Å². The monoisotopic (exact) mass is 406 g/mol. The molecule has 2 heterocycles. The zero-order valence-corrected chi connectivity index (χ0v) is 17.9. The number of aromatic carboxylic acids is 1. The third kappa shape index (κ3) is 3.70. The zero-order chi connectivity index (χ0) is 21.3. The second kappa shape index (κ2) is 8.52. The average Bonchev–Trinajstić information content (AvgIpc) is 3.26. The molecule has 2 unspecified atom stereocenters. The van der Waals surface area contributed by atoms with Crippen molar-refractivity contribution < 1.29 is 14.6 Å². The number of carbonyl (C=O) groups is 1. The van der Waals surface area contributed by atoms with Crippen LogP contribution in [0.5, 0.6) is 5.75 Å². The van der Waals surface area contributed by atoms with Crippen LogP contribution in [0.4, 0.5) is 0 Å². The van der Waals surface area contributed by atoms with Gasteiger partial charge < -0.3 is 14.8 Å². The highest BCUT2D eigenvalue weighted by Gasteiger charge is 2.32. The van der Waals surface area contributed by atoms with Gasteiger partial charge in [0.15, 0.2) is 0 Å². The van der Waals surface area contributed by atoms with E-state index in [0.717, 1.165) is 60.3 Å². The van der Waals surface area contributed by atoms with Gasteiger partial charge in [-0.1, -0.05) is 31.5 Å². The Morgan fingerprint density at radius 1 is 1.30 bits per heavy atom. The van der Waals surface area contributed by atoms with E-state index >= 15 is 0 Å². The van der Waals surface area contributed by atoms with Crippen LogP contribution in [0.1, 0.15) is 59.3 Å². The number of benzene rings is 2. The van der Waals surface area contributed by atoms with Gasteiger partial charge in [0.05, 0.1) is 12.7 Å². The lowest BCUT2D eigenvalue weighted by Gasteiger charge is -2.40. The lowest BCUT2D eigenvalue weighted by atomic mass is 9.83. The van der Waals surface area contributed by atoms with Crippen LogP contribution in [0, 0.1) is 12.8 Å². The molecule has 1 aliphatic heterocycles. The molecule has 0 bridgehead atoms. The van der Waals surface area contributed by atoms with Gasteiger partial charge >= 0.3 is 5.97 Å².